The molecule has 0 saturated heterocycles. The molecule has 0 radical (unpaired) electrons. The Labute approximate surface area is 114 Å². The van der Waals surface area contributed by atoms with Gasteiger partial charge in [-0.2, -0.15) is 0 Å². The predicted molar refractivity (Wildman–Crippen MR) is 73.4 cm³/mol. The third-order valence-electron chi connectivity index (χ3n) is 2.07. The average Bonchev–Trinajstić information content (AvgIpc) is 2.28. The number of rotatable bonds is 2. The monoisotopic (exact) mass is 287 g/mol. The maximum Gasteiger partial charge on any atom is 0.155 e. The molecule has 6 heteroatoms. The van der Waals surface area contributed by atoms with Crippen molar-refractivity contribution in [2.24, 2.45) is 0 Å². The van der Waals surface area contributed by atoms with Gasteiger partial charge >= 0.3 is 0 Å². The van der Waals surface area contributed by atoms with Crippen molar-refractivity contribution in [1.29, 1.82) is 0 Å². The zero-order valence-corrected chi connectivity index (χ0v) is 10.8. The number of aromatic nitrogens is 1. The number of nitrogens with two attached hydrogens (primary N) is 1. The predicted octanol–water partition coefficient (Wildman–Crippen LogP) is 4.37. The molecule has 0 bridgehead atoms. The number of nitrogens with one attached hydrogen (secondary N) is 1. The largest absolute Gasteiger partial charge is 0.396 e. The van der Waals surface area contributed by atoms with Crippen molar-refractivity contribution in [3.63, 3.8) is 0 Å². The highest BCUT2D eigenvalue weighted by atomic mass is 35.5. The molecule has 3 nitrogen and oxygen atoms in total. The molecule has 88 valence electrons. The summed E-state index contributed by atoms with van der Waals surface area (Å²) in [5.74, 6) is 0.446. The Morgan fingerprint density at radius 1 is 1.06 bits per heavy atom. The van der Waals surface area contributed by atoms with E-state index in [4.69, 9.17) is 40.5 Å². The summed E-state index contributed by atoms with van der Waals surface area (Å²) in [5, 5.41) is 4.42. The Kier molecular flexibility index (Phi) is 3.62. The molecule has 17 heavy (non-hydrogen) atoms. The Morgan fingerprint density at radius 3 is 2.59 bits per heavy atom. The van der Waals surface area contributed by atoms with Gasteiger partial charge in [-0.25, -0.2) is 4.98 Å². The highest BCUT2D eigenvalue weighted by molar-refractivity contribution is 6.35. The van der Waals surface area contributed by atoms with Gasteiger partial charge in [-0.1, -0.05) is 34.8 Å². The third-order valence-corrected chi connectivity index (χ3v) is 2.85. The van der Waals surface area contributed by atoms with Gasteiger partial charge in [0.05, 0.1) is 16.4 Å². The minimum absolute atomic E-state index is 0.347. The summed E-state index contributed by atoms with van der Waals surface area (Å²) >= 11 is 17.7. The van der Waals surface area contributed by atoms with Crippen molar-refractivity contribution in [3.05, 3.63) is 45.5 Å². The SMILES string of the molecule is Nc1ccc(Cl)nc1Nc1cc(Cl)ccc1Cl. The molecule has 1 aromatic carbocycles. The lowest BCUT2D eigenvalue weighted by atomic mass is 10.3. The van der Waals surface area contributed by atoms with E-state index in [0.717, 1.165) is 0 Å². The minimum atomic E-state index is 0.347. The maximum atomic E-state index is 6.02. The number of hydrogen-bond acceptors (Lipinski definition) is 3. The van der Waals surface area contributed by atoms with Crippen molar-refractivity contribution < 1.29 is 0 Å². The molecule has 0 saturated carbocycles. The van der Waals surface area contributed by atoms with Crippen molar-refractivity contribution in [2.45, 2.75) is 0 Å². The Morgan fingerprint density at radius 2 is 1.82 bits per heavy atom. The molecule has 0 fully saturated rings. The number of halogens is 3. The zero-order chi connectivity index (χ0) is 12.4. The van der Waals surface area contributed by atoms with Crippen LogP contribution in [0.4, 0.5) is 17.2 Å². The van der Waals surface area contributed by atoms with Crippen molar-refractivity contribution in [2.75, 3.05) is 11.1 Å². The van der Waals surface area contributed by atoms with Crippen LogP contribution < -0.4 is 11.1 Å². The fraction of sp³-hybridized carbons (Fsp3) is 0. The van der Waals surface area contributed by atoms with Crippen molar-refractivity contribution in [1.82, 2.24) is 4.98 Å². The van der Waals surface area contributed by atoms with Crippen LogP contribution in [-0.2, 0) is 0 Å². The topological polar surface area (TPSA) is 50.9 Å². The van der Waals surface area contributed by atoms with Gasteiger partial charge in [0.1, 0.15) is 5.15 Å². The zero-order valence-electron chi connectivity index (χ0n) is 8.55. The van der Waals surface area contributed by atoms with E-state index in [2.05, 4.69) is 10.3 Å². The number of benzene rings is 1. The summed E-state index contributed by atoms with van der Waals surface area (Å²) in [5.41, 5.74) is 6.87. The first kappa shape index (κ1) is 12.3. The second-order valence-electron chi connectivity index (χ2n) is 3.32. The molecular formula is C11H8Cl3N3. The highest BCUT2D eigenvalue weighted by Crippen LogP contribution is 2.30. The molecule has 3 N–H and O–H groups in total. The van der Waals surface area contributed by atoms with Gasteiger partial charge in [-0.05, 0) is 30.3 Å². The lowest BCUT2D eigenvalue weighted by Crippen LogP contribution is -1.99. The Bertz CT molecular complexity index is 508. The van der Waals surface area contributed by atoms with E-state index >= 15 is 0 Å². The number of anilines is 3. The summed E-state index contributed by atoms with van der Waals surface area (Å²) in [4.78, 5) is 4.07. The molecule has 1 aromatic heterocycles. The Balaban J connectivity index is 2.37. The standard InChI is InChI=1S/C11H8Cl3N3/c12-6-1-2-7(13)9(5-6)16-11-8(15)3-4-10(14)17-11/h1-5H,15H2,(H,16,17). The molecule has 0 unspecified atom stereocenters. The van der Waals surface area contributed by atoms with E-state index < -0.39 is 0 Å². The summed E-state index contributed by atoms with van der Waals surface area (Å²) in [7, 11) is 0. The number of nitrogen functional groups attached to an aromatic ring is 1. The highest BCUT2D eigenvalue weighted by Gasteiger charge is 2.06. The van der Waals surface area contributed by atoms with Gasteiger partial charge in [0, 0.05) is 5.02 Å². The van der Waals surface area contributed by atoms with E-state index in [9.17, 15) is 0 Å². The van der Waals surface area contributed by atoms with Crippen LogP contribution in [0.25, 0.3) is 0 Å². The maximum absolute atomic E-state index is 6.02. The fourth-order valence-electron chi connectivity index (χ4n) is 1.27. The quantitative estimate of drug-likeness (QED) is 0.807. The third kappa shape index (κ3) is 2.94. The summed E-state index contributed by atoms with van der Waals surface area (Å²) in [6.07, 6.45) is 0. The molecule has 0 aliphatic rings. The van der Waals surface area contributed by atoms with Crippen LogP contribution in [-0.4, -0.2) is 4.98 Å². The van der Waals surface area contributed by atoms with Crippen LogP contribution in [0.2, 0.25) is 15.2 Å². The van der Waals surface area contributed by atoms with Crippen LogP contribution >= 0.6 is 34.8 Å². The molecule has 0 aliphatic heterocycles. The average molecular weight is 289 g/mol. The minimum Gasteiger partial charge on any atom is -0.396 e. The van der Waals surface area contributed by atoms with Crippen LogP contribution in [0.5, 0.6) is 0 Å². The molecule has 2 aromatic rings. The van der Waals surface area contributed by atoms with Crippen LogP contribution in [0.1, 0.15) is 0 Å². The van der Waals surface area contributed by atoms with Crippen molar-refractivity contribution in [3.8, 4) is 0 Å². The first-order valence-electron chi connectivity index (χ1n) is 4.70. The first-order chi connectivity index (χ1) is 8.06. The summed E-state index contributed by atoms with van der Waals surface area (Å²) in [6.45, 7) is 0. The normalized spacial score (nSPS) is 10.3. The van der Waals surface area contributed by atoms with Gasteiger partial charge < -0.3 is 11.1 Å². The van der Waals surface area contributed by atoms with E-state index in [1.165, 1.54) is 0 Å². The van der Waals surface area contributed by atoms with Gasteiger partial charge in [0.2, 0.25) is 0 Å². The van der Waals surface area contributed by atoms with Crippen LogP contribution in [0, 0.1) is 0 Å². The van der Waals surface area contributed by atoms with Crippen LogP contribution in [0.15, 0.2) is 30.3 Å². The first-order valence-corrected chi connectivity index (χ1v) is 5.84. The molecular weight excluding hydrogens is 281 g/mol. The van der Waals surface area contributed by atoms with E-state index in [1.807, 2.05) is 0 Å². The van der Waals surface area contributed by atoms with Gasteiger partial charge in [-0.15, -0.1) is 0 Å². The van der Waals surface area contributed by atoms with E-state index in [1.54, 1.807) is 30.3 Å². The summed E-state index contributed by atoms with van der Waals surface area (Å²) < 4.78 is 0. The summed E-state index contributed by atoms with van der Waals surface area (Å²) in [6, 6.07) is 8.35. The smallest absolute Gasteiger partial charge is 0.155 e. The van der Waals surface area contributed by atoms with Gasteiger partial charge in [0.25, 0.3) is 0 Å². The number of hydrogen-bond donors (Lipinski definition) is 2. The van der Waals surface area contributed by atoms with Gasteiger partial charge in [0.15, 0.2) is 5.82 Å². The Hall–Kier alpha value is -1.16. The lowest BCUT2D eigenvalue weighted by Gasteiger charge is -2.10. The molecule has 0 aliphatic carbocycles. The lowest BCUT2D eigenvalue weighted by molar-refractivity contribution is 1.31. The van der Waals surface area contributed by atoms with E-state index in [-0.39, 0.29) is 0 Å². The molecule has 2 rings (SSSR count). The van der Waals surface area contributed by atoms with Crippen LogP contribution in [0.3, 0.4) is 0 Å². The second-order valence-corrected chi connectivity index (χ2v) is 4.55. The fourth-order valence-corrected chi connectivity index (χ4v) is 1.75. The number of pyridine rings is 1. The molecule has 0 spiro atoms. The second kappa shape index (κ2) is 5.00. The molecule has 0 atom stereocenters. The number of nitrogens with zero attached hydrogens (tertiary/aromatic N) is 1. The van der Waals surface area contributed by atoms with Crippen molar-refractivity contribution >= 4 is 52.0 Å². The molecule has 1 heterocycles. The van der Waals surface area contributed by atoms with Gasteiger partial charge in [-0.3, -0.25) is 0 Å². The van der Waals surface area contributed by atoms with E-state index in [0.29, 0.717) is 32.4 Å². The molecule has 0 amide bonds.